The maximum absolute atomic E-state index is 5.74. The normalized spacial score (nSPS) is 14.7. The molecule has 0 radical (unpaired) electrons. The van der Waals surface area contributed by atoms with Crippen molar-refractivity contribution >= 4 is 57.3 Å². The number of fused-ring (bicyclic) bond motifs is 1. The van der Waals surface area contributed by atoms with Crippen LogP contribution in [0.15, 0.2) is 11.4 Å². The van der Waals surface area contributed by atoms with Crippen LogP contribution in [-0.2, 0) is 4.74 Å². The highest BCUT2D eigenvalue weighted by molar-refractivity contribution is 7.17. The Kier molecular flexibility index (Phi) is 7.81. The molecule has 0 aromatic carbocycles. The molecule has 0 spiro atoms. The number of hydrogen-bond acceptors (Lipinski definition) is 6. The molecule has 5 nitrogen and oxygen atoms in total. The van der Waals surface area contributed by atoms with Gasteiger partial charge in [-0.2, -0.15) is 4.98 Å². The lowest BCUT2D eigenvalue weighted by Gasteiger charge is -2.29. The molecule has 1 aliphatic rings. The molecule has 2 aromatic heterocycles. The quantitative estimate of drug-likeness (QED) is 0.531. The fourth-order valence-electron chi connectivity index (χ4n) is 2.72. The maximum Gasteiger partial charge on any atom is 0.227 e. The van der Waals surface area contributed by atoms with Crippen LogP contribution in [0.4, 0.5) is 11.8 Å². The van der Waals surface area contributed by atoms with E-state index in [2.05, 4.69) is 28.3 Å². The number of aromatic nitrogens is 2. The molecule has 3 heterocycles. The van der Waals surface area contributed by atoms with Crippen molar-refractivity contribution in [2.24, 2.45) is 0 Å². The van der Waals surface area contributed by atoms with Crippen LogP contribution in [0.1, 0.15) is 19.3 Å². The van der Waals surface area contributed by atoms with Gasteiger partial charge in [-0.05, 0) is 24.3 Å². The summed E-state index contributed by atoms with van der Waals surface area (Å²) in [6, 6.07) is 2.08. The average molecular weight is 391 g/mol. The Morgan fingerprint density at radius 1 is 1.25 bits per heavy atom. The topological polar surface area (TPSA) is 41.5 Å². The van der Waals surface area contributed by atoms with Crippen molar-refractivity contribution in [3.8, 4) is 0 Å². The van der Waals surface area contributed by atoms with E-state index < -0.39 is 0 Å². The van der Waals surface area contributed by atoms with Crippen molar-refractivity contribution in [1.29, 1.82) is 0 Å². The summed E-state index contributed by atoms with van der Waals surface area (Å²) in [6.07, 6.45) is 3.32. The van der Waals surface area contributed by atoms with Crippen LogP contribution in [0.5, 0.6) is 0 Å². The van der Waals surface area contributed by atoms with Crippen molar-refractivity contribution < 1.29 is 4.74 Å². The molecular weight excluding hydrogens is 367 g/mol. The lowest BCUT2D eigenvalue weighted by atomic mass is 10.2. The molecule has 0 unspecified atom stereocenters. The number of halogens is 2. The molecule has 0 amide bonds. The lowest BCUT2D eigenvalue weighted by Crippen LogP contribution is -2.37. The van der Waals surface area contributed by atoms with Gasteiger partial charge in [-0.1, -0.05) is 6.42 Å². The van der Waals surface area contributed by atoms with Gasteiger partial charge in [0, 0.05) is 32.6 Å². The molecule has 3 rings (SSSR count). The zero-order valence-corrected chi connectivity index (χ0v) is 16.3. The van der Waals surface area contributed by atoms with Gasteiger partial charge in [0.2, 0.25) is 5.95 Å². The van der Waals surface area contributed by atoms with Crippen molar-refractivity contribution in [1.82, 2.24) is 9.97 Å². The number of nitrogens with zero attached hydrogens (tertiary/aromatic N) is 4. The first-order valence-corrected chi connectivity index (χ1v) is 9.56. The summed E-state index contributed by atoms with van der Waals surface area (Å²) in [4.78, 5) is 14.1. The zero-order valence-electron chi connectivity index (χ0n) is 13.9. The number of thiophene rings is 1. The van der Waals surface area contributed by atoms with Gasteiger partial charge in [0.1, 0.15) is 0 Å². The van der Waals surface area contributed by atoms with Gasteiger partial charge in [0.15, 0.2) is 5.82 Å². The van der Waals surface area contributed by atoms with Crippen LogP contribution < -0.4 is 9.80 Å². The van der Waals surface area contributed by atoms with Crippen LogP contribution in [0.3, 0.4) is 0 Å². The second-order valence-electron chi connectivity index (χ2n) is 5.75. The van der Waals surface area contributed by atoms with Crippen molar-refractivity contribution in [2.75, 3.05) is 55.6 Å². The van der Waals surface area contributed by atoms with E-state index in [1.54, 1.807) is 11.3 Å². The van der Waals surface area contributed by atoms with E-state index in [0.717, 1.165) is 75.3 Å². The highest BCUT2D eigenvalue weighted by atomic mass is 35.5. The molecule has 0 saturated carbocycles. The summed E-state index contributed by atoms with van der Waals surface area (Å²) in [6.45, 7) is 4.27. The molecule has 0 atom stereocenters. The smallest absolute Gasteiger partial charge is 0.227 e. The molecular formula is C16H24Cl2N4OS. The minimum Gasteiger partial charge on any atom is -0.378 e. The van der Waals surface area contributed by atoms with E-state index in [4.69, 9.17) is 26.3 Å². The van der Waals surface area contributed by atoms with E-state index in [1.807, 2.05) is 0 Å². The third kappa shape index (κ3) is 4.63. The number of rotatable bonds is 7. The zero-order chi connectivity index (χ0) is 16.1. The number of hydrogen-bond donors (Lipinski definition) is 0. The summed E-state index contributed by atoms with van der Waals surface area (Å²) >= 11 is 7.45. The predicted octanol–water partition coefficient (Wildman–Crippen LogP) is 3.80. The molecule has 1 fully saturated rings. The number of morpholine rings is 1. The Balaban J connectivity index is 0.00000208. The Morgan fingerprint density at radius 3 is 2.79 bits per heavy atom. The second kappa shape index (κ2) is 9.61. The number of ether oxygens (including phenoxy) is 1. The Hall–Kier alpha value is -0.820. The van der Waals surface area contributed by atoms with Gasteiger partial charge >= 0.3 is 0 Å². The van der Waals surface area contributed by atoms with E-state index in [1.165, 1.54) is 4.70 Å². The second-order valence-corrected chi connectivity index (χ2v) is 7.05. The SMILES string of the molecule is CN(CCCCCCl)c1nc(N2CCOCC2)c2sccc2n1.Cl. The maximum atomic E-state index is 5.74. The predicted molar refractivity (Wildman–Crippen MR) is 106 cm³/mol. The van der Waals surface area contributed by atoms with Crippen LogP contribution >= 0.6 is 35.3 Å². The van der Waals surface area contributed by atoms with Crippen LogP contribution in [0, 0.1) is 0 Å². The van der Waals surface area contributed by atoms with Crippen LogP contribution in [0.25, 0.3) is 10.2 Å². The Labute approximate surface area is 158 Å². The number of anilines is 2. The van der Waals surface area contributed by atoms with Gasteiger partial charge in [-0.15, -0.1) is 35.3 Å². The van der Waals surface area contributed by atoms with Gasteiger partial charge in [0.05, 0.1) is 23.4 Å². The molecule has 0 bridgehead atoms. The molecule has 24 heavy (non-hydrogen) atoms. The molecule has 1 saturated heterocycles. The highest BCUT2D eigenvalue weighted by Gasteiger charge is 2.19. The first-order valence-electron chi connectivity index (χ1n) is 8.14. The fraction of sp³-hybridized carbons (Fsp3) is 0.625. The summed E-state index contributed by atoms with van der Waals surface area (Å²) < 4.78 is 6.64. The summed E-state index contributed by atoms with van der Waals surface area (Å²) in [7, 11) is 2.07. The third-order valence-corrected chi connectivity index (χ3v) is 5.22. The van der Waals surface area contributed by atoms with Crippen molar-refractivity contribution in [3.05, 3.63) is 11.4 Å². The largest absolute Gasteiger partial charge is 0.378 e. The Bertz CT molecular complexity index is 634. The average Bonchev–Trinajstić information content (AvgIpc) is 3.07. The lowest BCUT2D eigenvalue weighted by molar-refractivity contribution is 0.122. The first-order chi connectivity index (χ1) is 11.3. The standard InChI is InChI=1S/C16H23ClN4OS.ClH/c1-20(7-4-2-3-6-17)16-18-13-5-12-23-14(13)15(19-16)21-8-10-22-11-9-21;/h5,12H,2-4,6-11H2,1H3;1H. The van der Waals surface area contributed by atoms with Gasteiger partial charge < -0.3 is 14.5 Å². The summed E-state index contributed by atoms with van der Waals surface area (Å²) in [5.74, 6) is 2.60. The number of alkyl halides is 1. The first kappa shape index (κ1) is 19.5. The van der Waals surface area contributed by atoms with E-state index in [9.17, 15) is 0 Å². The van der Waals surface area contributed by atoms with Crippen LogP contribution in [-0.4, -0.2) is 55.7 Å². The fourth-order valence-corrected chi connectivity index (χ4v) is 3.75. The van der Waals surface area contributed by atoms with Gasteiger partial charge in [0.25, 0.3) is 0 Å². The molecule has 8 heteroatoms. The summed E-state index contributed by atoms with van der Waals surface area (Å²) in [5.41, 5.74) is 1.04. The van der Waals surface area contributed by atoms with Crippen molar-refractivity contribution in [3.63, 3.8) is 0 Å². The number of unbranched alkanes of at least 4 members (excludes halogenated alkanes) is 2. The summed E-state index contributed by atoms with van der Waals surface area (Å²) in [5, 5.41) is 2.09. The van der Waals surface area contributed by atoms with E-state index >= 15 is 0 Å². The third-order valence-electron chi connectivity index (χ3n) is 4.05. The van der Waals surface area contributed by atoms with Gasteiger partial charge in [-0.3, -0.25) is 0 Å². The van der Waals surface area contributed by atoms with E-state index in [0.29, 0.717) is 0 Å². The van der Waals surface area contributed by atoms with Gasteiger partial charge in [-0.25, -0.2) is 4.98 Å². The minimum atomic E-state index is 0. The minimum absolute atomic E-state index is 0. The van der Waals surface area contributed by atoms with E-state index in [-0.39, 0.29) is 12.4 Å². The van der Waals surface area contributed by atoms with Crippen molar-refractivity contribution in [2.45, 2.75) is 19.3 Å². The monoisotopic (exact) mass is 390 g/mol. The Morgan fingerprint density at radius 2 is 2.04 bits per heavy atom. The molecule has 0 aliphatic carbocycles. The van der Waals surface area contributed by atoms with Crippen LogP contribution in [0.2, 0.25) is 0 Å². The highest BCUT2D eigenvalue weighted by Crippen LogP contribution is 2.31. The molecule has 0 N–H and O–H groups in total. The molecule has 134 valence electrons. The molecule has 2 aromatic rings. The molecule has 1 aliphatic heterocycles.